The van der Waals surface area contributed by atoms with E-state index in [0.29, 0.717) is 31.2 Å². The Bertz CT molecular complexity index is 1140. The van der Waals surface area contributed by atoms with E-state index in [1.165, 1.54) is 6.92 Å². The fourth-order valence-electron chi connectivity index (χ4n) is 6.90. The number of benzene rings is 1. The maximum absolute atomic E-state index is 13.8. The Labute approximate surface area is 243 Å². The topological polar surface area (TPSA) is 168 Å². The van der Waals surface area contributed by atoms with Crippen molar-refractivity contribution < 1.29 is 23.7 Å². The number of amides is 3. The summed E-state index contributed by atoms with van der Waals surface area (Å²) in [7, 11) is -0.646. The Hall–Kier alpha value is -3.12. The maximum Gasteiger partial charge on any atom is 0.481 e. The zero-order valence-electron chi connectivity index (χ0n) is 24.8. The summed E-state index contributed by atoms with van der Waals surface area (Å²) in [5.74, 6) is -0.773. The summed E-state index contributed by atoms with van der Waals surface area (Å²) < 4.78 is 13.2. The number of guanidine groups is 1. The van der Waals surface area contributed by atoms with Crippen LogP contribution in [-0.2, 0) is 30.1 Å². The number of rotatable bonds is 12. The summed E-state index contributed by atoms with van der Waals surface area (Å²) in [6.07, 6.45) is 3.41. The summed E-state index contributed by atoms with van der Waals surface area (Å²) >= 11 is 0. The fourth-order valence-corrected chi connectivity index (χ4v) is 6.90. The van der Waals surface area contributed by atoms with Gasteiger partial charge in [-0.3, -0.25) is 19.8 Å². The first kappa shape index (κ1) is 30.8. The number of carbonyl (C=O) groups excluding carboxylic acids is 3. The lowest BCUT2D eigenvalue weighted by atomic mass is 9.43. The van der Waals surface area contributed by atoms with E-state index in [9.17, 15) is 14.4 Å². The first-order valence-corrected chi connectivity index (χ1v) is 14.6. The zero-order chi connectivity index (χ0) is 29.9. The van der Waals surface area contributed by atoms with Crippen LogP contribution in [0.4, 0.5) is 0 Å². The number of nitrogens with one attached hydrogen (secondary N) is 5. The molecule has 1 aromatic rings. The van der Waals surface area contributed by atoms with Gasteiger partial charge in [0.25, 0.3) is 0 Å². The SMILES string of the molecule is CC(=O)N[C@@H](C)C(=O)N[C@@H](Cc1ccccc1)C(=O)N[C@@H](CCCNC(=N)N)B1OC2C[C@@H]3C[C@@H](C3(C)C)[C@]2(C)O1. The minimum atomic E-state index is -0.884. The Morgan fingerprint density at radius 2 is 1.80 bits per heavy atom. The number of carbonyl (C=O) groups is 3. The highest BCUT2D eigenvalue weighted by Gasteiger charge is 2.68. The van der Waals surface area contributed by atoms with Gasteiger partial charge in [0.1, 0.15) is 12.1 Å². The average molecular weight is 569 g/mol. The molecule has 2 bridgehead atoms. The first-order chi connectivity index (χ1) is 19.3. The van der Waals surface area contributed by atoms with Crippen molar-refractivity contribution in [3.63, 3.8) is 0 Å². The van der Waals surface area contributed by atoms with Crippen molar-refractivity contribution >= 4 is 30.8 Å². The molecule has 3 amide bonds. The van der Waals surface area contributed by atoms with Gasteiger partial charge in [-0.25, -0.2) is 0 Å². The van der Waals surface area contributed by atoms with E-state index in [-0.39, 0.29) is 35.7 Å². The van der Waals surface area contributed by atoms with E-state index in [1.54, 1.807) is 6.92 Å². The number of hydrogen-bond acceptors (Lipinski definition) is 6. The standard InChI is InChI=1S/C29H45BN6O5/c1-17(34-18(2)37)25(38)35-21(14-19-10-7-6-8-11-19)26(39)36-24(12-9-13-33-27(31)32)30-40-23-16-20-15-22(28(20,3)4)29(23,5)41-30/h6-8,10-11,17,20-24H,9,12-16H2,1-5H3,(H,34,37)(H,35,38)(H,36,39)(H4,31,32,33)/t17-,20-,21-,22-,23?,24-,29-/m0/s1. The molecule has 0 spiro atoms. The van der Waals surface area contributed by atoms with E-state index in [2.05, 4.69) is 42.0 Å². The van der Waals surface area contributed by atoms with Crippen LogP contribution in [0.15, 0.2) is 30.3 Å². The van der Waals surface area contributed by atoms with Gasteiger partial charge >= 0.3 is 7.12 Å². The van der Waals surface area contributed by atoms with Gasteiger partial charge in [-0.05, 0) is 62.3 Å². The van der Waals surface area contributed by atoms with Gasteiger partial charge in [0.05, 0.1) is 17.6 Å². The maximum atomic E-state index is 13.8. The van der Waals surface area contributed by atoms with E-state index in [4.69, 9.17) is 20.5 Å². The molecular weight excluding hydrogens is 523 g/mol. The van der Waals surface area contributed by atoms with E-state index >= 15 is 0 Å². The molecule has 4 fully saturated rings. The molecule has 3 aliphatic carbocycles. The number of nitrogens with two attached hydrogens (primary N) is 1. The van der Waals surface area contributed by atoms with Crippen LogP contribution in [-0.4, -0.2) is 67.1 Å². The minimum absolute atomic E-state index is 0.0441. The van der Waals surface area contributed by atoms with Crippen molar-refractivity contribution in [1.82, 2.24) is 21.3 Å². The van der Waals surface area contributed by atoms with Crippen LogP contribution >= 0.6 is 0 Å². The molecule has 7 N–H and O–H groups in total. The molecule has 11 nitrogen and oxygen atoms in total. The average Bonchev–Trinajstić information content (AvgIpc) is 3.27. The van der Waals surface area contributed by atoms with Crippen LogP contribution in [0, 0.1) is 22.7 Å². The van der Waals surface area contributed by atoms with Gasteiger partial charge in [-0.2, -0.15) is 0 Å². The van der Waals surface area contributed by atoms with Crippen molar-refractivity contribution in [2.75, 3.05) is 6.54 Å². The summed E-state index contributed by atoms with van der Waals surface area (Å²) in [6.45, 7) is 10.1. The molecule has 1 heterocycles. The third-order valence-corrected chi connectivity index (χ3v) is 9.36. The highest BCUT2D eigenvalue weighted by molar-refractivity contribution is 6.47. The van der Waals surface area contributed by atoms with Gasteiger partial charge < -0.3 is 36.3 Å². The van der Waals surface area contributed by atoms with E-state index < -0.39 is 36.7 Å². The lowest BCUT2D eigenvalue weighted by Crippen LogP contribution is -2.65. The van der Waals surface area contributed by atoms with Gasteiger partial charge in [0, 0.05) is 19.9 Å². The second-order valence-corrected chi connectivity index (χ2v) is 12.6. The van der Waals surface area contributed by atoms with Crippen LogP contribution in [0.2, 0.25) is 0 Å². The van der Waals surface area contributed by atoms with E-state index in [0.717, 1.165) is 18.4 Å². The van der Waals surface area contributed by atoms with Crippen molar-refractivity contribution in [1.29, 1.82) is 5.41 Å². The first-order valence-electron chi connectivity index (χ1n) is 14.6. The molecule has 1 unspecified atom stereocenters. The fraction of sp³-hybridized carbons (Fsp3) is 0.655. The summed E-state index contributed by atoms with van der Waals surface area (Å²) in [4.78, 5) is 38.2. The van der Waals surface area contributed by atoms with E-state index in [1.807, 2.05) is 30.3 Å². The molecule has 1 saturated heterocycles. The van der Waals surface area contributed by atoms with Crippen molar-refractivity contribution in [2.45, 2.75) is 96.5 Å². The van der Waals surface area contributed by atoms with Crippen LogP contribution in [0.25, 0.3) is 0 Å². The summed E-state index contributed by atoms with van der Waals surface area (Å²) in [5.41, 5.74) is 6.09. The molecule has 1 aliphatic heterocycles. The van der Waals surface area contributed by atoms with Crippen molar-refractivity contribution in [2.24, 2.45) is 23.0 Å². The highest BCUT2D eigenvalue weighted by Crippen LogP contribution is 2.65. The molecule has 5 rings (SSSR count). The Kier molecular flexibility index (Phi) is 9.33. The lowest BCUT2D eigenvalue weighted by molar-refractivity contribution is -0.199. The van der Waals surface area contributed by atoms with Crippen molar-refractivity contribution in [3.8, 4) is 0 Å². The largest absolute Gasteiger partial charge is 0.481 e. The molecule has 224 valence electrons. The number of hydrogen-bond donors (Lipinski definition) is 6. The van der Waals surface area contributed by atoms with Crippen LogP contribution in [0.5, 0.6) is 0 Å². The molecule has 3 saturated carbocycles. The van der Waals surface area contributed by atoms with Gasteiger partial charge in [0.15, 0.2) is 5.96 Å². The Morgan fingerprint density at radius 3 is 2.44 bits per heavy atom. The molecular formula is C29H45BN6O5. The van der Waals surface area contributed by atoms with Crippen LogP contribution in [0.3, 0.4) is 0 Å². The molecule has 41 heavy (non-hydrogen) atoms. The molecule has 0 radical (unpaired) electrons. The lowest BCUT2D eigenvalue weighted by Gasteiger charge is -2.64. The molecule has 4 aliphatic rings. The van der Waals surface area contributed by atoms with Gasteiger partial charge in [-0.15, -0.1) is 0 Å². The smallest absolute Gasteiger partial charge is 0.404 e. The highest BCUT2D eigenvalue weighted by atomic mass is 16.7. The Morgan fingerprint density at radius 1 is 1.10 bits per heavy atom. The van der Waals surface area contributed by atoms with Crippen LogP contribution < -0.4 is 27.0 Å². The van der Waals surface area contributed by atoms with Crippen molar-refractivity contribution in [3.05, 3.63) is 35.9 Å². The molecule has 12 heteroatoms. The predicted molar refractivity (Wildman–Crippen MR) is 157 cm³/mol. The third kappa shape index (κ3) is 6.86. The molecule has 1 aromatic carbocycles. The predicted octanol–water partition coefficient (Wildman–Crippen LogP) is 1.25. The second-order valence-electron chi connectivity index (χ2n) is 12.6. The second kappa shape index (κ2) is 12.4. The summed E-state index contributed by atoms with van der Waals surface area (Å²) in [5, 5.41) is 18.8. The zero-order valence-corrected chi connectivity index (χ0v) is 24.8. The van der Waals surface area contributed by atoms with Crippen LogP contribution in [0.1, 0.15) is 65.9 Å². The summed E-state index contributed by atoms with van der Waals surface area (Å²) in [6, 6.07) is 7.77. The third-order valence-electron chi connectivity index (χ3n) is 9.36. The van der Waals surface area contributed by atoms with Gasteiger partial charge in [-0.1, -0.05) is 44.2 Å². The minimum Gasteiger partial charge on any atom is -0.404 e. The molecule has 0 aromatic heterocycles. The van der Waals surface area contributed by atoms with Gasteiger partial charge in [0.2, 0.25) is 17.7 Å². The quantitative estimate of drug-likeness (QED) is 0.0955. The monoisotopic (exact) mass is 568 g/mol. The normalized spacial score (nSPS) is 27.8. The molecule has 7 atom stereocenters. The Balaban J connectivity index is 1.51.